The van der Waals surface area contributed by atoms with Crippen LogP contribution in [-0.2, 0) is 0 Å². The second-order valence-electron chi connectivity index (χ2n) is 9.09. The fourth-order valence-electron chi connectivity index (χ4n) is 5.39. The Hall–Kier alpha value is -5.70. The molecule has 9 heteroatoms. The summed E-state index contributed by atoms with van der Waals surface area (Å²) >= 11 is 0. The van der Waals surface area contributed by atoms with Gasteiger partial charge >= 0.3 is 17.9 Å². The topological polar surface area (TPSA) is 171 Å². The number of aromatic carboxylic acids is 3. The van der Waals surface area contributed by atoms with E-state index in [0.717, 1.165) is 0 Å². The number of nitrogens with zero attached hydrogens (tertiary/aromatic N) is 1. The van der Waals surface area contributed by atoms with Gasteiger partial charge in [-0.1, -0.05) is 30.3 Å². The van der Waals surface area contributed by atoms with Gasteiger partial charge in [0, 0.05) is 22.0 Å². The molecule has 0 saturated carbocycles. The Morgan fingerprint density at radius 3 is 1.36 bits per heavy atom. The van der Waals surface area contributed by atoms with Crippen LogP contribution in [0.15, 0.2) is 77.8 Å². The molecular weight excluding hydrogens is 500 g/mol. The fraction of sp³-hybridized carbons (Fsp3) is 0. The highest BCUT2D eigenvalue weighted by molar-refractivity contribution is 6.38. The summed E-state index contributed by atoms with van der Waals surface area (Å²) in [5.41, 5.74) is 6.46. The number of aliphatic hydroxyl groups is 1. The number of aliphatic imine (C=N–C) groups is 1. The fourth-order valence-corrected chi connectivity index (χ4v) is 5.39. The molecule has 0 unspecified atom stereocenters. The highest BCUT2D eigenvalue weighted by atomic mass is 16.4. The van der Waals surface area contributed by atoms with E-state index in [0.29, 0.717) is 43.7 Å². The third-order valence-electron chi connectivity index (χ3n) is 6.94. The molecule has 0 bridgehead atoms. The quantitative estimate of drug-likeness (QED) is 0.0603. The molecule has 0 amide bonds. The number of hydrogen-bond acceptors (Lipinski definition) is 5. The summed E-state index contributed by atoms with van der Waals surface area (Å²) < 4.78 is 0. The minimum atomic E-state index is -1.27. The number of nitrogens with two attached hydrogens (primary N) is 1. The molecule has 0 aromatic heterocycles. The first-order valence-electron chi connectivity index (χ1n) is 11.7. The molecule has 6 N–H and O–H groups in total. The first-order chi connectivity index (χ1) is 18.7. The predicted molar refractivity (Wildman–Crippen MR) is 148 cm³/mol. The Bertz CT molecular complexity index is 2010. The van der Waals surface area contributed by atoms with Gasteiger partial charge in [-0.15, -0.1) is 0 Å². The third-order valence-corrected chi connectivity index (χ3v) is 6.94. The molecule has 0 aliphatic carbocycles. The number of anilines is 1. The van der Waals surface area contributed by atoms with Crippen LogP contribution < -0.4 is 5.73 Å². The maximum absolute atomic E-state index is 12.3. The van der Waals surface area contributed by atoms with E-state index in [-0.39, 0.29) is 33.0 Å². The standard InChI is InChI=1S/C30H18N2O7/c31-13-2-1-3-14(12-13)32-27(33)19-8-4-15-17-6-10-21(29(36)37)26-22(30(38)39)11-7-18(24(17)26)16-5-9-20(28(34)35)25(19)23(15)16/h1-12H,31H2,(H,32,33)(H,34,35)(H,36,37)(H,38,39). The predicted octanol–water partition coefficient (Wildman–Crippen LogP) is 6.05. The monoisotopic (exact) mass is 518 g/mol. The van der Waals surface area contributed by atoms with Crippen LogP contribution in [0.25, 0.3) is 43.1 Å². The highest BCUT2D eigenvalue weighted by Crippen LogP contribution is 2.44. The minimum absolute atomic E-state index is 0.0658. The normalized spacial score (nSPS) is 12.1. The van der Waals surface area contributed by atoms with Crippen molar-refractivity contribution in [3.05, 3.63) is 95.1 Å². The van der Waals surface area contributed by atoms with Gasteiger partial charge in [0.2, 0.25) is 5.90 Å². The van der Waals surface area contributed by atoms with Crippen molar-refractivity contribution < 1.29 is 34.8 Å². The second-order valence-corrected chi connectivity index (χ2v) is 9.09. The number of nitrogen functional groups attached to an aromatic ring is 1. The van der Waals surface area contributed by atoms with Crippen molar-refractivity contribution >= 4 is 78.3 Å². The van der Waals surface area contributed by atoms with Gasteiger partial charge in [0.15, 0.2) is 0 Å². The van der Waals surface area contributed by atoms with Crippen LogP contribution in [0.1, 0.15) is 36.6 Å². The summed E-state index contributed by atoms with van der Waals surface area (Å²) in [4.78, 5) is 40.7. The summed E-state index contributed by atoms with van der Waals surface area (Å²) in [7, 11) is 0. The lowest BCUT2D eigenvalue weighted by molar-refractivity contribution is 0.0685. The van der Waals surface area contributed by atoms with Crippen LogP contribution in [0.4, 0.5) is 11.4 Å². The number of benzene rings is 6. The Morgan fingerprint density at radius 2 is 0.949 bits per heavy atom. The van der Waals surface area contributed by atoms with E-state index in [2.05, 4.69) is 4.99 Å². The van der Waals surface area contributed by atoms with Crippen molar-refractivity contribution in [1.29, 1.82) is 0 Å². The zero-order chi connectivity index (χ0) is 27.6. The summed E-state index contributed by atoms with van der Waals surface area (Å²) in [6.45, 7) is 0. The van der Waals surface area contributed by atoms with Crippen LogP contribution in [-0.4, -0.2) is 44.2 Å². The molecule has 0 fully saturated rings. The number of fused-ring (bicyclic) bond motifs is 2. The number of hydrogen-bond donors (Lipinski definition) is 5. The number of aliphatic hydroxyl groups excluding tert-OH is 1. The summed E-state index contributed by atoms with van der Waals surface area (Å²) in [5.74, 6) is -4.16. The maximum Gasteiger partial charge on any atom is 0.336 e. The lowest BCUT2D eigenvalue weighted by Crippen LogP contribution is -2.07. The molecule has 0 radical (unpaired) electrons. The minimum Gasteiger partial charge on any atom is -0.493 e. The van der Waals surface area contributed by atoms with E-state index < -0.39 is 23.8 Å². The van der Waals surface area contributed by atoms with Crippen LogP contribution in [0.2, 0.25) is 0 Å². The molecular formula is C30H18N2O7. The average Bonchev–Trinajstić information content (AvgIpc) is 2.90. The van der Waals surface area contributed by atoms with Crippen molar-refractivity contribution in [1.82, 2.24) is 0 Å². The van der Waals surface area contributed by atoms with Gasteiger partial charge in [0.1, 0.15) is 0 Å². The van der Waals surface area contributed by atoms with E-state index >= 15 is 0 Å². The van der Waals surface area contributed by atoms with Gasteiger partial charge in [-0.3, -0.25) is 0 Å². The van der Waals surface area contributed by atoms with Gasteiger partial charge < -0.3 is 26.2 Å². The molecule has 190 valence electrons. The van der Waals surface area contributed by atoms with Gasteiger partial charge in [0.25, 0.3) is 0 Å². The van der Waals surface area contributed by atoms with E-state index in [1.807, 2.05) is 0 Å². The van der Waals surface area contributed by atoms with Gasteiger partial charge in [0.05, 0.1) is 22.4 Å². The van der Waals surface area contributed by atoms with Crippen molar-refractivity contribution in [3.8, 4) is 0 Å². The van der Waals surface area contributed by atoms with Gasteiger partial charge in [-0.25, -0.2) is 19.4 Å². The zero-order valence-corrected chi connectivity index (χ0v) is 20.0. The van der Waals surface area contributed by atoms with Crippen molar-refractivity contribution in [2.45, 2.75) is 0 Å². The van der Waals surface area contributed by atoms with Gasteiger partial charge in [-0.2, -0.15) is 0 Å². The Balaban J connectivity index is 1.81. The number of rotatable bonds is 5. The Morgan fingerprint density at radius 1 is 0.538 bits per heavy atom. The van der Waals surface area contributed by atoms with Crippen molar-refractivity contribution in [2.24, 2.45) is 4.99 Å². The molecule has 6 aromatic carbocycles. The molecule has 0 aliphatic rings. The number of carboxylic acid groups (broad SMARTS) is 3. The van der Waals surface area contributed by atoms with Crippen molar-refractivity contribution in [2.75, 3.05) is 5.73 Å². The molecule has 9 nitrogen and oxygen atoms in total. The number of carbonyl (C=O) groups is 3. The van der Waals surface area contributed by atoms with E-state index in [1.165, 1.54) is 18.2 Å². The van der Waals surface area contributed by atoms with Crippen LogP contribution in [0, 0.1) is 0 Å². The van der Waals surface area contributed by atoms with E-state index in [1.54, 1.807) is 54.6 Å². The molecule has 0 heterocycles. The maximum atomic E-state index is 12.3. The smallest absolute Gasteiger partial charge is 0.336 e. The molecule has 0 spiro atoms. The lowest BCUT2D eigenvalue weighted by Gasteiger charge is -2.19. The summed E-state index contributed by atoms with van der Waals surface area (Å²) in [6, 6.07) is 18.7. The molecule has 0 atom stereocenters. The third kappa shape index (κ3) is 3.48. The lowest BCUT2D eigenvalue weighted by atomic mass is 9.84. The first kappa shape index (κ1) is 23.7. The van der Waals surface area contributed by atoms with Crippen LogP contribution in [0.3, 0.4) is 0 Å². The van der Waals surface area contributed by atoms with Crippen molar-refractivity contribution in [3.63, 3.8) is 0 Å². The van der Waals surface area contributed by atoms with E-state index in [4.69, 9.17) is 5.73 Å². The van der Waals surface area contributed by atoms with Crippen LogP contribution in [0.5, 0.6) is 0 Å². The Kier molecular flexibility index (Phi) is 5.11. The Labute approximate surface area is 219 Å². The van der Waals surface area contributed by atoms with Crippen LogP contribution >= 0.6 is 0 Å². The molecule has 6 rings (SSSR count). The highest BCUT2D eigenvalue weighted by Gasteiger charge is 2.25. The zero-order valence-electron chi connectivity index (χ0n) is 20.0. The summed E-state index contributed by atoms with van der Waals surface area (Å²) in [6.07, 6.45) is 0. The molecule has 0 aliphatic heterocycles. The molecule has 39 heavy (non-hydrogen) atoms. The average molecular weight is 518 g/mol. The van der Waals surface area contributed by atoms with Gasteiger partial charge in [-0.05, 0) is 74.8 Å². The largest absolute Gasteiger partial charge is 0.493 e. The number of carboxylic acids is 3. The SMILES string of the molecule is Nc1cccc(N=C(O)c2ccc3c4ccc(C(=O)O)c5c(C(=O)O)ccc(c6ccc(C(=O)O)c2c63)c54)c1. The second kappa shape index (κ2) is 8.42. The van der Waals surface area contributed by atoms with E-state index in [9.17, 15) is 34.8 Å². The molecule has 0 saturated heterocycles. The first-order valence-corrected chi connectivity index (χ1v) is 11.7. The molecule has 6 aromatic rings. The summed E-state index contributed by atoms with van der Waals surface area (Å²) in [5, 5.41) is 44.3.